The average Bonchev–Trinajstić information content (AvgIpc) is 2.84. The molecule has 0 spiro atoms. The Balaban J connectivity index is 2.66. The molecule has 0 aliphatic rings. The van der Waals surface area contributed by atoms with Gasteiger partial charge in [0.15, 0.2) is 0 Å². The van der Waals surface area contributed by atoms with Gasteiger partial charge in [-0.25, -0.2) is 4.98 Å². The molecule has 0 radical (unpaired) electrons. The van der Waals surface area contributed by atoms with Crippen LogP contribution in [0.25, 0.3) is 0 Å². The molecule has 0 saturated carbocycles. The highest BCUT2D eigenvalue weighted by Gasteiger charge is 2.27. The first kappa shape index (κ1) is 17.2. The van der Waals surface area contributed by atoms with E-state index in [9.17, 15) is 0 Å². The third-order valence-corrected chi connectivity index (χ3v) is 4.50. The Morgan fingerprint density at radius 3 is 2.55 bits per heavy atom. The van der Waals surface area contributed by atoms with Gasteiger partial charge in [0, 0.05) is 38.4 Å². The van der Waals surface area contributed by atoms with E-state index in [-0.39, 0.29) is 0 Å². The summed E-state index contributed by atoms with van der Waals surface area (Å²) in [5.41, 5.74) is 0.423. The maximum Gasteiger partial charge on any atom is 0.108 e. The molecule has 3 heteroatoms. The van der Waals surface area contributed by atoms with Crippen molar-refractivity contribution >= 4 is 0 Å². The molecule has 0 fully saturated rings. The lowest BCUT2D eigenvalue weighted by molar-refractivity contribution is 0.205. The highest BCUT2D eigenvalue weighted by molar-refractivity contribution is 4.94. The van der Waals surface area contributed by atoms with Gasteiger partial charge in [0.2, 0.25) is 0 Å². The monoisotopic (exact) mass is 279 g/mol. The molecular formula is C17H33N3. The minimum Gasteiger partial charge on any atom is -0.338 e. The van der Waals surface area contributed by atoms with Crippen LogP contribution in [0.2, 0.25) is 0 Å². The van der Waals surface area contributed by atoms with E-state index in [4.69, 9.17) is 0 Å². The van der Waals surface area contributed by atoms with Crippen LogP contribution in [0.15, 0.2) is 12.4 Å². The van der Waals surface area contributed by atoms with E-state index in [0.29, 0.717) is 11.5 Å². The number of hydrogen-bond donors (Lipinski definition) is 1. The van der Waals surface area contributed by atoms with E-state index in [2.05, 4.69) is 49.6 Å². The fourth-order valence-corrected chi connectivity index (χ4v) is 2.77. The van der Waals surface area contributed by atoms with E-state index in [1.807, 2.05) is 12.4 Å². The second kappa shape index (κ2) is 8.46. The Morgan fingerprint density at radius 2 is 2.05 bits per heavy atom. The van der Waals surface area contributed by atoms with Crippen molar-refractivity contribution in [1.82, 2.24) is 14.9 Å². The molecule has 0 aliphatic heterocycles. The first-order valence-electron chi connectivity index (χ1n) is 8.22. The summed E-state index contributed by atoms with van der Waals surface area (Å²) in [4.78, 5) is 4.47. The van der Waals surface area contributed by atoms with Gasteiger partial charge in [-0.2, -0.15) is 0 Å². The average molecular weight is 279 g/mol. The van der Waals surface area contributed by atoms with Gasteiger partial charge in [0.05, 0.1) is 0 Å². The molecule has 1 aromatic rings. The van der Waals surface area contributed by atoms with Crippen molar-refractivity contribution in [3.05, 3.63) is 18.2 Å². The lowest BCUT2D eigenvalue weighted by Gasteiger charge is -2.34. The molecule has 1 N–H and O–H groups in total. The van der Waals surface area contributed by atoms with Gasteiger partial charge in [0.25, 0.3) is 0 Å². The smallest absolute Gasteiger partial charge is 0.108 e. The molecule has 0 aromatic carbocycles. The number of aryl methyl sites for hydroxylation is 2. The molecule has 116 valence electrons. The first-order valence-corrected chi connectivity index (χ1v) is 8.22. The first-order chi connectivity index (χ1) is 9.53. The number of imidazole rings is 1. The van der Waals surface area contributed by atoms with E-state index in [1.54, 1.807) is 0 Å². The number of aromatic nitrogens is 2. The Kier molecular flexibility index (Phi) is 7.28. The predicted octanol–water partition coefficient (Wildman–Crippen LogP) is 3.94. The Labute approximate surface area is 125 Å². The summed E-state index contributed by atoms with van der Waals surface area (Å²) in [6, 6.07) is 0.565. The van der Waals surface area contributed by atoms with Crippen molar-refractivity contribution < 1.29 is 0 Å². The second-order valence-electron chi connectivity index (χ2n) is 6.45. The van der Waals surface area contributed by atoms with Crippen molar-refractivity contribution in [2.24, 2.45) is 12.5 Å². The van der Waals surface area contributed by atoms with Crippen LogP contribution in [-0.2, 0) is 13.5 Å². The minimum absolute atomic E-state index is 0.423. The van der Waals surface area contributed by atoms with Gasteiger partial charge in [-0.05, 0) is 24.7 Å². The van der Waals surface area contributed by atoms with Gasteiger partial charge >= 0.3 is 0 Å². The molecule has 0 bridgehead atoms. The van der Waals surface area contributed by atoms with Crippen LogP contribution in [0.3, 0.4) is 0 Å². The molecule has 20 heavy (non-hydrogen) atoms. The van der Waals surface area contributed by atoms with Gasteiger partial charge in [-0.3, -0.25) is 0 Å². The summed E-state index contributed by atoms with van der Waals surface area (Å²) in [7, 11) is 2.09. The zero-order valence-electron chi connectivity index (χ0n) is 14.1. The standard InChI is InChI=1S/C17H33N3/c1-6-8-10-17(7-2,14-19-15(3)4)11-9-16-18-12-13-20(16)5/h12-13,15,19H,6-11,14H2,1-5H3. The van der Waals surface area contributed by atoms with Crippen molar-refractivity contribution in [2.45, 2.75) is 72.3 Å². The molecule has 1 rings (SSSR count). The predicted molar refractivity (Wildman–Crippen MR) is 86.9 cm³/mol. The van der Waals surface area contributed by atoms with Crippen molar-refractivity contribution in [2.75, 3.05) is 6.54 Å². The number of hydrogen-bond acceptors (Lipinski definition) is 2. The molecule has 1 heterocycles. The SMILES string of the molecule is CCCCC(CC)(CCc1nccn1C)CNC(C)C. The number of unbranched alkanes of at least 4 members (excludes halogenated alkanes) is 1. The van der Waals surface area contributed by atoms with E-state index in [1.165, 1.54) is 37.9 Å². The van der Waals surface area contributed by atoms with Crippen molar-refractivity contribution in [3.63, 3.8) is 0 Å². The molecule has 3 nitrogen and oxygen atoms in total. The zero-order valence-corrected chi connectivity index (χ0v) is 14.1. The molecule has 0 amide bonds. The van der Waals surface area contributed by atoms with E-state index in [0.717, 1.165) is 13.0 Å². The van der Waals surface area contributed by atoms with Crippen LogP contribution < -0.4 is 5.32 Å². The molecular weight excluding hydrogens is 246 g/mol. The largest absolute Gasteiger partial charge is 0.338 e. The fraction of sp³-hybridized carbons (Fsp3) is 0.824. The van der Waals surface area contributed by atoms with Crippen molar-refractivity contribution in [3.8, 4) is 0 Å². The molecule has 1 atom stereocenters. The topological polar surface area (TPSA) is 29.9 Å². The minimum atomic E-state index is 0.423. The maximum absolute atomic E-state index is 4.47. The van der Waals surface area contributed by atoms with Crippen molar-refractivity contribution in [1.29, 1.82) is 0 Å². The van der Waals surface area contributed by atoms with Gasteiger partial charge < -0.3 is 9.88 Å². The van der Waals surface area contributed by atoms with Crippen LogP contribution in [0, 0.1) is 5.41 Å². The van der Waals surface area contributed by atoms with Crippen LogP contribution in [0.5, 0.6) is 0 Å². The lowest BCUT2D eigenvalue weighted by atomic mass is 9.76. The Bertz CT molecular complexity index is 370. The summed E-state index contributed by atoms with van der Waals surface area (Å²) >= 11 is 0. The van der Waals surface area contributed by atoms with E-state index >= 15 is 0 Å². The second-order valence-corrected chi connectivity index (χ2v) is 6.45. The molecule has 1 aromatic heterocycles. The summed E-state index contributed by atoms with van der Waals surface area (Å²) in [6.07, 6.45) is 11.4. The molecule has 0 aliphatic carbocycles. The fourth-order valence-electron chi connectivity index (χ4n) is 2.77. The normalized spacial score (nSPS) is 14.7. The highest BCUT2D eigenvalue weighted by Crippen LogP contribution is 2.33. The summed E-state index contributed by atoms with van der Waals surface area (Å²) in [5, 5.41) is 3.66. The maximum atomic E-state index is 4.47. The Hall–Kier alpha value is -0.830. The lowest BCUT2D eigenvalue weighted by Crippen LogP contribution is -2.38. The number of nitrogens with one attached hydrogen (secondary N) is 1. The van der Waals surface area contributed by atoms with Gasteiger partial charge in [-0.1, -0.05) is 40.5 Å². The highest BCUT2D eigenvalue weighted by atomic mass is 15.0. The zero-order chi connectivity index (χ0) is 15.0. The van der Waals surface area contributed by atoms with Crippen LogP contribution in [0.4, 0.5) is 0 Å². The van der Waals surface area contributed by atoms with Gasteiger partial charge in [0.1, 0.15) is 5.82 Å². The third kappa shape index (κ3) is 5.28. The quantitative estimate of drug-likeness (QED) is 0.703. The summed E-state index contributed by atoms with van der Waals surface area (Å²) in [6.45, 7) is 10.2. The number of nitrogens with zero attached hydrogens (tertiary/aromatic N) is 2. The van der Waals surface area contributed by atoms with Crippen LogP contribution >= 0.6 is 0 Å². The third-order valence-electron chi connectivity index (χ3n) is 4.50. The molecule has 1 unspecified atom stereocenters. The Morgan fingerprint density at radius 1 is 1.30 bits per heavy atom. The molecule has 0 saturated heterocycles. The summed E-state index contributed by atoms with van der Waals surface area (Å²) < 4.78 is 2.15. The van der Waals surface area contributed by atoms with Crippen LogP contribution in [-0.4, -0.2) is 22.1 Å². The summed E-state index contributed by atoms with van der Waals surface area (Å²) in [5.74, 6) is 1.21. The van der Waals surface area contributed by atoms with Crippen LogP contribution in [0.1, 0.15) is 65.6 Å². The number of rotatable bonds is 10. The van der Waals surface area contributed by atoms with Gasteiger partial charge in [-0.15, -0.1) is 0 Å². The van der Waals surface area contributed by atoms with E-state index < -0.39 is 0 Å².